The predicted molar refractivity (Wildman–Crippen MR) is 117 cm³/mol. The molecule has 3 rings (SSSR count). The zero-order valence-corrected chi connectivity index (χ0v) is 18.8. The molecule has 0 aromatic heterocycles. The second-order valence-electron chi connectivity index (χ2n) is 6.82. The van der Waals surface area contributed by atoms with Crippen LogP contribution in [0.1, 0.15) is 30.9 Å². The lowest BCUT2D eigenvalue weighted by atomic mass is 9.82. The number of ether oxygens (including phenoxy) is 3. The van der Waals surface area contributed by atoms with Crippen LogP contribution in [-0.4, -0.2) is 12.6 Å². The Morgan fingerprint density at radius 2 is 2.03 bits per heavy atom. The number of nitrogens with zero attached hydrogens (tertiary/aromatic N) is 1. The number of benzene rings is 2. The number of carbonyl (C=O) groups is 1. The average molecular weight is 477 g/mol. The molecule has 2 aromatic rings. The standard InChI is InChI=1S/C23H19Cl2FN2O4/c1-3-30-23(29)20-12(2)32-22(28)17(10-27)21(20)16-8-14(24)5-7-19(16)31-11-13-4-6-15(26)9-18(13)25/h4-9,21H,3,11,28H2,1-2H3. The van der Waals surface area contributed by atoms with Crippen molar-refractivity contribution in [2.45, 2.75) is 26.4 Å². The number of nitriles is 1. The van der Waals surface area contributed by atoms with E-state index in [4.69, 9.17) is 43.1 Å². The van der Waals surface area contributed by atoms with Crippen LogP contribution in [0.4, 0.5) is 4.39 Å². The molecule has 0 saturated carbocycles. The number of rotatable bonds is 6. The van der Waals surface area contributed by atoms with E-state index in [2.05, 4.69) is 0 Å². The Balaban J connectivity index is 2.09. The lowest BCUT2D eigenvalue weighted by Crippen LogP contribution is -2.26. The Bertz CT molecular complexity index is 1170. The normalized spacial score (nSPS) is 15.8. The van der Waals surface area contributed by atoms with Gasteiger partial charge in [-0.15, -0.1) is 0 Å². The summed E-state index contributed by atoms with van der Waals surface area (Å²) in [6, 6.07) is 10.8. The minimum atomic E-state index is -0.926. The van der Waals surface area contributed by atoms with Gasteiger partial charge in [0.15, 0.2) is 0 Å². The summed E-state index contributed by atoms with van der Waals surface area (Å²) >= 11 is 12.3. The van der Waals surface area contributed by atoms with Crippen molar-refractivity contribution in [2.24, 2.45) is 5.73 Å². The van der Waals surface area contributed by atoms with Crippen LogP contribution in [0.25, 0.3) is 0 Å². The Morgan fingerprint density at radius 1 is 1.28 bits per heavy atom. The molecule has 0 fully saturated rings. The Morgan fingerprint density at radius 3 is 2.69 bits per heavy atom. The smallest absolute Gasteiger partial charge is 0.338 e. The Labute approximate surface area is 194 Å². The fourth-order valence-electron chi connectivity index (χ4n) is 3.34. The van der Waals surface area contributed by atoms with Gasteiger partial charge in [-0.2, -0.15) is 5.26 Å². The molecular formula is C23H19Cl2FN2O4. The summed E-state index contributed by atoms with van der Waals surface area (Å²) in [7, 11) is 0. The van der Waals surface area contributed by atoms with Crippen molar-refractivity contribution in [3.63, 3.8) is 0 Å². The molecule has 2 aromatic carbocycles. The molecule has 1 aliphatic heterocycles. The van der Waals surface area contributed by atoms with Gasteiger partial charge >= 0.3 is 5.97 Å². The summed E-state index contributed by atoms with van der Waals surface area (Å²) in [5.74, 6) is -1.63. The summed E-state index contributed by atoms with van der Waals surface area (Å²) < 4.78 is 29.9. The second kappa shape index (κ2) is 9.94. The number of allylic oxidation sites excluding steroid dienone is 2. The van der Waals surface area contributed by atoms with E-state index in [0.717, 1.165) is 0 Å². The van der Waals surface area contributed by atoms with Crippen LogP contribution >= 0.6 is 23.2 Å². The van der Waals surface area contributed by atoms with Gasteiger partial charge in [0, 0.05) is 16.1 Å². The third-order valence-corrected chi connectivity index (χ3v) is 5.37. The monoisotopic (exact) mass is 476 g/mol. The maximum Gasteiger partial charge on any atom is 0.338 e. The first-order valence-corrected chi connectivity index (χ1v) is 10.3. The molecule has 1 aliphatic rings. The van der Waals surface area contributed by atoms with E-state index < -0.39 is 17.7 Å². The minimum Gasteiger partial charge on any atom is -0.489 e. The van der Waals surface area contributed by atoms with Crippen molar-refractivity contribution in [1.29, 1.82) is 5.26 Å². The van der Waals surface area contributed by atoms with E-state index in [0.29, 0.717) is 21.9 Å². The molecule has 2 N–H and O–H groups in total. The van der Waals surface area contributed by atoms with Crippen LogP contribution in [0.2, 0.25) is 10.0 Å². The molecule has 0 saturated heterocycles. The van der Waals surface area contributed by atoms with Gasteiger partial charge in [-0.05, 0) is 44.2 Å². The molecule has 6 nitrogen and oxygen atoms in total. The third-order valence-electron chi connectivity index (χ3n) is 4.78. The number of halogens is 3. The van der Waals surface area contributed by atoms with Crippen LogP contribution in [0, 0.1) is 17.1 Å². The average Bonchev–Trinajstić information content (AvgIpc) is 2.73. The molecule has 0 aliphatic carbocycles. The minimum absolute atomic E-state index is 0.00941. The topological polar surface area (TPSA) is 94.6 Å². The number of hydrogen-bond acceptors (Lipinski definition) is 6. The largest absolute Gasteiger partial charge is 0.489 e. The second-order valence-corrected chi connectivity index (χ2v) is 7.67. The van der Waals surface area contributed by atoms with Gasteiger partial charge in [-0.3, -0.25) is 0 Å². The number of nitrogens with two attached hydrogens (primary N) is 1. The van der Waals surface area contributed by atoms with Gasteiger partial charge in [0.1, 0.15) is 35.6 Å². The van der Waals surface area contributed by atoms with Gasteiger partial charge in [0.05, 0.1) is 23.1 Å². The highest BCUT2D eigenvalue weighted by molar-refractivity contribution is 6.31. The molecule has 32 heavy (non-hydrogen) atoms. The van der Waals surface area contributed by atoms with Gasteiger partial charge < -0.3 is 19.9 Å². The zero-order valence-electron chi connectivity index (χ0n) is 17.2. The molecule has 0 amide bonds. The summed E-state index contributed by atoms with van der Waals surface area (Å²) in [4.78, 5) is 12.8. The molecule has 0 spiro atoms. The maximum atomic E-state index is 13.4. The van der Waals surface area contributed by atoms with Crippen LogP contribution in [0.3, 0.4) is 0 Å². The first-order chi connectivity index (χ1) is 15.3. The Kier molecular flexibility index (Phi) is 7.29. The van der Waals surface area contributed by atoms with Crippen LogP contribution < -0.4 is 10.5 Å². The van der Waals surface area contributed by atoms with Gasteiger partial charge in [0.2, 0.25) is 5.88 Å². The zero-order chi connectivity index (χ0) is 23.4. The molecule has 0 radical (unpaired) electrons. The van der Waals surface area contributed by atoms with Gasteiger partial charge in [-0.1, -0.05) is 29.3 Å². The summed E-state index contributed by atoms with van der Waals surface area (Å²) in [5.41, 5.74) is 7.05. The van der Waals surface area contributed by atoms with E-state index in [1.807, 2.05) is 6.07 Å². The lowest BCUT2D eigenvalue weighted by Gasteiger charge is -2.28. The highest BCUT2D eigenvalue weighted by atomic mass is 35.5. The van der Waals surface area contributed by atoms with Gasteiger partial charge in [-0.25, -0.2) is 9.18 Å². The van der Waals surface area contributed by atoms with Crippen molar-refractivity contribution in [2.75, 3.05) is 6.61 Å². The third kappa shape index (κ3) is 4.82. The fraction of sp³-hybridized carbons (Fsp3) is 0.217. The first kappa shape index (κ1) is 23.5. The number of hydrogen-bond donors (Lipinski definition) is 1. The highest BCUT2D eigenvalue weighted by Gasteiger charge is 2.38. The molecule has 1 unspecified atom stereocenters. The van der Waals surface area contributed by atoms with Gasteiger partial charge in [0.25, 0.3) is 0 Å². The molecule has 0 bridgehead atoms. The quantitative estimate of drug-likeness (QED) is 0.564. The molecular weight excluding hydrogens is 458 g/mol. The van der Waals surface area contributed by atoms with E-state index in [9.17, 15) is 14.4 Å². The maximum absolute atomic E-state index is 13.4. The van der Waals surface area contributed by atoms with E-state index in [-0.39, 0.29) is 41.0 Å². The number of carbonyl (C=O) groups excluding carboxylic acids is 1. The first-order valence-electron chi connectivity index (χ1n) is 9.58. The van der Waals surface area contributed by atoms with E-state index in [1.165, 1.54) is 18.2 Å². The van der Waals surface area contributed by atoms with Crippen molar-refractivity contribution in [1.82, 2.24) is 0 Å². The fourth-order valence-corrected chi connectivity index (χ4v) is 3.74. The van der Waals surface area contributed by atoms with Crippen molar-refractivity contribution in [3.05, 3.63) is 86.2 Å². The molecule has 166 valence electrons. The molecule has 9 heteroatoms. The molecule has 1 atom stereocenters. The highest BCUT2D eigenvalue weighted by Crippen LogP contribution is 2.44. The van der Waals surface area contributed by atoms with Crippen LogP contribution in [0.15, 0.2) is 59.2 Å². The predicted octanol–water partition coefficient (Wildman–Crippen LogP) is 5.36. The van der Waals surface area contributed by atoms with E-state index >= 15 is 0 Å². The molecule has 1 heterocycles. The lowest BCUT2D eigenvalue weighted by molar-refractivity contribution is -0.139. The Hall–Kier alpha value is -3.21. The SMILES string of the molecule is CCOC(=O)C1=C(C)OC(N)=C(C#N)C1c1cc(Cl)ccc1OCc1ccc(F)cc1Cl. The van der Waals surface area contributed by atoms with Crippen molar-refractivity contribution in [3.8, 4) is 11.8 Å². The summed E-state index contributed by atoms with van der Waals surface area (Å²) in [6.07, 6.45) is 0. The summed E-state index contributed by atoms with van der Waals surface area (Å²) in [5, 5.41) is 10.3. The van der Waals surface area contributed by atoms with E-state index in [1.54, 1.807) is 32.0 Å². The van der Waals surface area contributed by atoms with Crippen LogP contribution in [-0.2, 0) is 20.9 Å². The summed E-state index contributed by atoms with van der Waals surface area (Å²) in [6.45, 7) is 3.37. The van der Waals surface area contributed by atoms with Crippen molar-refractivity contribution < 1.29 is 23.4 Å². The number of esters is 1. The van der Waals surface area contributed by atoms with Crippen molar-refractivity contribution >= 4 is 29.2 Å². The van der Waals surface area contributed by atoms with Crippen LogP contribution in [0.5, 0.6) is 5.75 Å².